The zero-order chi connectivity index (χ0) is 15.6. The predicted octanol–water partition coefficient (Wildman–Crippen LogP) is 1.82. The van der Waals surface area contributed by atoms with Crippen molar-refractivity contribution in [2.45, 2.75) is 40.7 Å². The van der Waals surface area contributed by atoms with Gasteiger partial charge >= 0.3 is 0 Å². The van der Waals surface area contributed by atoms with Crippen LogP contribution in [0.1, 0.15) is 37.5 Å². The Bertz CT molecular complexity index is 181. The summed E-state index contributed by atoms with van der Waals surface area (Å²) in [5.41, 5.74) is 5.36. The molecule has 5 nitrogen and oxygen atoms in total. The molecular weight excluding hydrogens is 254 g/mol. The molecule has 1 atom stereocenters. The van der Waals surface area contributed by atoms with E-state index in [-0.39, 0.29) is 2.85 Å². The number of nitrogens with one attached hydrogen (secondary N) is 1. The summed E-state index contributed by atoms with van der Waals surface area (Å²) in [6, 6.07) is 0. The van der Waals surface area contributed by atoms with Crippen LogP contribution in [0.25, 0.3) is 0 Å². The number of ether oxygens (including phenoxy) is 2. The van der Waals surface area contributed by atoms with Gasteiger partial charge in [0.05, 0.1) is 25.9 Å². The van der Waals surface area contributed by atoms with Gasteiger partial charge in [0.2, 0.25) is 0 Å². The first-order valence-corrected chi connectivity index (χ1v) is 8.19. The average Bonchev–Trinajstić information content (AvgIpc) is 2.54. The van der Waals surface area contributed by atoms with Crippen molar-refractivity contribution in [3.05, 3.63) is 0 Å². The van der Waals surface area contributed by atoms with E-state index in [1.54, 1.807) is 0 Å². The third-order valence-electron chi connectivity index (χ3n) is 2.66. The Morgan fingerprint density at radius 2 is 2.00 bits per heavy atom. The molecule has 0 aromatic heterocycles. The molecular formula is C15H41N3O2. The molecule has 1 aliphatic heterocycles. The SMILES string of the molecule is CC.CC.CCNCC1CN(CCOCCN)CCO1.[HH].[HH]. The third kappa shape index (κ3) is 12.8. The van der Waals surface area contributed by atoms with Crippen LogP contribution in [0.4, 0.5) is 0 Å². The Morgan fingerprint density at radius 3 is 2.60 bits per heavy atom. The third-order valence-corrected chi connectivity index (χ3v) is 2.66. The van der Waals surface area contributed by atoms with E-state index < -0.39 is 0 Å². The van der Waals surface area contributed by atoms with Gasteiger partial charge in [0.1, 0.15) is 0 Å². The highest BCUT2D eigenvalue weighted by Crippen LogP contribution is 2.03. The van der Waals surface area contributed by atoms with E-state index in [9.17, 15) is 0 Å². The quantitative estimate of drug-likeness (QED) is 0.669. The van der Waals surface area contributed by atoms with E-state index in [0.717, 1.165) is 45.9 Å². The number of hydrogen-bond acceptors (Lipinski definition) is 5. The molecule has 0 aromatic rings. The highest BCUT2D eigenvalue weighted by Gasteiger charge is 2.19. The summed E-state index contributed by atoms with van der Waals surface area (Å²) in [6.45, 7) is 17.9. The lowest BCUT2D eigenvalue weighted by molar-refractivity contribution is -0.0343. The number of rotatable bonds is 8. The summed E-state index contributed by atoms with van der Waals surface area (Å²) in [5, 5.41) is 3.32. The zero-order valence-corrected chi connectivity index (χ0v) is 14.3. The average molecular weight is 296 g/mol. The van der Waals surface area contributed by atoms with Gasteiger partial charge in [0.15, 0.2) is 0 Å². The van der Waals surface area contributed by atoms with E-state index >= 15 is 0 Å². The molecule has 3 N–H and O–H groups in total. The largest absolute Gasteiger partial charge is 0.379 e. The molecule has 0 spiro atoms. The van der Waals surface area contributed by atoms with Crippen LogP contribution in [0.3, 0.4) is 0 Å². The van der Waals surface area contributed by atoms with Gasteiger partial charge in [-0.25, -0.2) is 0 Å². The van der Waals surface area contributed by atoms with Crippen LogP contribution in [-0.2, 0) is 9.47 Å². The molecule has 1 saturated heterocycles. The summed E-state index contributed by atoms with van der Waals surface area (Å²) in [5.74, 6) is 0. The lowest BCUT2D eigenvalue weighted by Gasteiger charge is -2.32. The maximum atomic E-state index is 5.67. The number of nitrogens with zero attached hydrogens (tertiary/aromatic N) is 1. The monoisotopic (exact) mass is 295 g/mol. The fraction of sp³-hybridized carbons (Fsp3) is 1.00. The fourth-order valence-electron chi connectivity index (χ4n) is 1.79. The van der Waals surface area contributed by atoms with Crippen molar-refractivity contribution in [2.24, 2.45) is 5.73 Å². The van der Waals surface area contributed by atoms with Gasteiger partial charge < -0.3 is 20.5 Å². The van der Waals surface area contributed by atoms with Gasteiger partial charge in [-0.1, -0.05) is 34.6 Å². The topological polar surface area (TPSA) is 59.8 Å². The molecule has 20 heavy (non-hydrogen) atoms. The molecule has 1 fully saturated rings. The lowest BCUT2D eigenvalue weighted by Crippen LogP contribution is -2.47. The van der Waals surface area contributed by atoms with Crippen LogP contribution in [-0.4, -0.2) is 70.1 Å². The maximum absolute atomic E-state index is 5.67. The maximum Gasteiger partial charge on any atom is 0.0826 e. The van der Waals surface area contributed by atoms with Crippen LogP contribution in [0.5, 0.6) is 0 Å². The Balaban J connectivity index is -0.000000249. The Labute approximate surface area is 129 Å². The van der Waals surface area contributed by atoms with Crippen LogP contribution >= 0.6 is 0 Å². The molecule has 0 amide bonds. The van der Waals surface area contributed by atoms with Crippen molar-refractivity contribution in [2.75, 3.05) is 59.1 Å². The van der Waals surface area contributed by atoms with Gasteiger partial charge in [-0.3, -0.25) is 4.90 Å². The molecule has 1 unspecified atom stereocenters. The standard InChI is InChI=1S/C11H25N3O2.2C2H6.2H2/c1-2-13-9-11-10-14(5-8-16-11)4-7-15-6-3-12;2*1-2;;/h11,13H,2-10,12H2,1H3;2*1-2H3;2*1H. The van der Waals surface area contributed by atoms with Crippen molar-refractivity contribution in [1.82, 2.24) is 10.2 Å². The first kappa shape index (κ1) is 22.1. The normalized spacial score (nSPS) is 18.6. The first-order valence-electron chi connectivity index (χ1n) is 8.19. The Hall–Kier alpha value is -0.200. The van der Waals surface area contributed by atoms with Crippen molar-refractivity contribution in [3.8, 4) is 0 Å². The van der Waals surface area contributed by atoms with Crippen molar-refractivity contribution in [3.63, 3.8) is 0 Å². The van der Waals surface area contributed by atoms with Crippen molar-refractivity contribution < 1.29 is 12.3 Å². The van der Waals surface area contributed by atoms with Crippen molar-refractivity contribution >= 4 is 0 Å². The minimum atomic E-state index is 0. The number of morpholine rings is 1. The predicted molar refractivity (Wildman–Crippen MR) is 91.5 cm³/mol. The van der Waals surface area contributed by atoms with Gasteiger partial charge in [0, 0.05) is 35.6 Å². The molecule has 1 rings (SSSR count). The molecule has 0 bridgehead atoms. The molecule has 5 heteroatoms. The highest BCUT2D eigenvalue weighted by atomic mass is 16.5. The molecule has 0 saturated carbocycles. The summed E-state index contributed by atoms with van der Waals surface area (Å²) in [4.78, 5) is 2.39. The number of nitrogens with two attached hydrogens (primary N) is 1. The minimum Gasteiger partial charge on any atom is -0.379 e. The Kier molecular flexibility index (Phi) is 20.8. The molecule has 1 aliphatic rings. The van der Waals surface area contributed by atoms with Crippen LogP contribution in [0, 0.1) is 0 Å². The summed E-state index contributed by atoms with van der Waals surface area (Å²) in [7, 11) is 0. The van der Waals surface area contributed by atoms with Crippen LogP contribution in [0.15, 0.2) is 0 Å². The summed E-state index contributed by atoms with van der Waals surface area (Å²) in [6.07, 6.45) is 0.322. The molecule has 0 radical (unpaired) electrons. The van der Waals surface area contributed by atoms with Gasteiger partial charge in [-0.2, -0.15) is 0 Å². The molecule has 1 heterocycles. The Morgan fingerprint density at radius 1 is 1.30 bits per heavy atom. The highest BCUT2D eigenvalue weighted by molar-refractivity contribution is 4.72. The zero-order valence-electron chi connectivity index (χ0n) is 14.3. The summed E-state index contributed by atoms with van der Waals surface area (Å²) < 4.78 is 11.1. The van der Waals surface area contributed by atoms with E-state index in [0.29, 0.717) is 19.3 Å². The fourth-order valence-corrected chi connectivity index (χ4v) is 1.79. The first-order chi connectivity index (χ1) is 9.86. The molecule has 0 aliphatic carbocycles. The van der Waals surface area contributed by atoms with E-state index in [4.69, 9.17) is 15.2 Å². The molecule has 128 valence electrons. The van der Waals surface area contributed by atoms with E-state index in [2.05, 4.69) is 17.1 Å². The van der Waals surface area contributed by atoms with Gasteiger partial charge in [-0.05, 0) is 6.54 Å². The van der Waals surface area contributed by atoms with Crippen molar-refractivity contribution in [1.29, 1.82) is 0 Å². The molecule has 0 aromatic carbocycles. The van der Waals surface area contributed by atoms with Crippen LogP contribution in [0.2, 0.25) is 0 Å². The number of likely N-dealkylation sites (N-methyl/N-ethyl adjacent to an activating group) is 1. The lowest BCUT2D eigenvalue weighted by atomic mass is 10.2. The van der Waals surface area contributed by atoms with Crippen LogP contribution < -0.4 is 11.1 Å². The second-order valence-corrected chi connectivity index (χ2v) is 4.00. The second-order valence-electron chi connectivity index (χ2n) is 4.00. The van der Waals surface area contributed by atoms with Gasteiger partial charge in [-0.15, -0.1) is 0 Å². The summed E-state index contributed by atoms with van der Waals surface area (Å²) >= 11 is 0. The second kappa shape index (κ2) is 18.8. The number of hydrogen-bond donors (Lipinski definition) is 2. The van der Waals surface area contributed by atoms with E-state index in [1.165, 1.54) is 0 Å². The van der Waals surface area contributed by atoms with Gasteiger partial charge in [0.25, 0.3) is 0 Å². The smallest absolute Gasteiger partial charge is 0.0826 e. The minimum absolute atomic E-state index is 0. The van der Waals surface area contributed by atoms with E-state index in [1.807, 2.05) is 27.7 Å².